The Kier molecular flexibility index (Phi) is 4.06. The smallest absolute Gasteiger partial charge is 0.272 e. The van der Waals surface area contributed by atoms with Crippen LogP contribution < -0.4 is 0 Å². The van der Waals surface area contributed by atoms with E-state index in [1.807, 2.05) is 30.2 Å². The third-order valence-electron chi connectivity index (χ3n) is 4.73. The number of carbonyl (C=O) groups is 1. The SMILES string of the molecule is Cc1cc(C2c3ccccc3CCCN2C(=O)c2ccn[nH]2)ccn1. The molecule has 0 radical (unpaired) electrons. The monoisotopic (exact) mass is 332 g/mol. The van der Waals surface area contributed by atoms with Gasteiger partial charge in [0.05, 0.1) is 6.04 Å². The van der Waals surface area contributed by atoms with Crippen LogP contribution in [0.5, 0.6) is 0 Å². The average molecular weight is 332 g/mol. The molecule has 0 fully saturated rings. The number of hydrogen-bond donors (Lipinski definition) is 1. The first-order valence-electron chi connectivity index (χ1n) is 8.55. The van der Waals surface area contributed by atoms with Crippen molar-refractivity contribution in [2.75, 3.05) is 6.54 Å². The van der Waals surface area contributed by atoms with Gasteiger partial charge < -0.3 is 4.90 Å². The lowest BCUT2D eigenvalue weighted by Gasteiger charge is -2.31. The minimum atomic E-state index is -0.115. The van der Waals surface area contributed by atoms with Crippen molar-refractivity contribution in [3.63, 3.8) is 0 Å². The molecule has 0 saturated carbocycles. The number of aromatic nitrogens is 3. The highest BCUT2D eigenvalue weighted by atomic mass is 16.2. The number of hydrogen-bond acceptors (Lipinski definition) is 3. The third kappa shape index (κ3) is 2.93. The Morgan fingerprint density at radius 1 is 1.20 bits per heavy atom. The molecule has 2 aromatic heterocycles. The van der Waals surface area contributed by atoms with E-state index in [4.69, 9.17) is 0 Å². The molecule has 1 amide bonds. The Morgan fingerprint density at radius 2 is 2.08 bits per heavy atom. The van der Waals surface area contributed by atoms with Gasteiger partial charge in [-0.05, 0) is 54.7 Å². The maximum absolute atomic E-state index is 13.1. The molecular formula is C20H20N4O. The first-order valence-corrected chi connectivity index (χ1v) is 8.55. The van der Waals surface area contributed by atoms with Crippen LogP contribution in [-0.4, -0.2) is 32.5 Å². The van der Waals surface area contributed by atoms with Crippen LogP contribution in [0.25, 0.3) is 0 Å². The topological polar surface area (TPSA) is 61.9 Å². The van der Waals surface area contributed by atoms with Gasteiger partial charge >= 0.3 is 0 Å². The van der Waals surface area contributed by atoms with Gasteiger partial charge in [0, 0.05) is 24.6 Å². The summed E-state index contributed by atoms with van der Waals surface area (Å²) in [5.74, 6) is -0.0198. The molecular weight excluding hydrogens is 312 g/mol. The van der Waals surface area contributed by atoms with Crippen molar-refractivity contribution in [2.45, 2.75) is 25.8 Å². The number of benzene rings is 1. The molecule has 1 aromatic carbocycles. The van der Waals surface area contributed by atoms with Gasteiger partial charge in [0.25, 0.3) is 5.91 Å². The fourth-order valence-corrected chi connectivity index (χ4v) is 3.61. The molecule has 5 nitrogen and oxygen atoms in total. The van der Waals surface area contributed by atoms with Crippen LogP contribution in [0, 0.1) is 6.92 Å². The van der Waals surface area contributed by atoms with E-state index in [1.54, 1.807) is 12.3 Å². The number of H-pyrrole nitrogens is 1. The summed E-state index contributed by atoms with van der Waals surface area (Å²) in [6.45, 7) is 2.69. The summed E-state index contributed by atoms with van der Waals surface area (Å²) in [4.78, 5) is 19.4. The van der Waals surface area contributed by atoms with Crippen LogP contribution in [0.4, 0.5) is 0 Å². The van der Waals surface area contributed by atoms with Gasteiger partial charge in [-0.1, -0.05) is 24.3 Å². The fraction of sp³-hybridized carbons (Fsp3) is 0.250. The average Bonchev–Trinajstić information content (AvgIpc) is 3.09. The minimum absolute atomic E-state index is 0.0198. The maximum Gasteiger partial charge on any atom is 0.272 e. The Bertz CT molecular complexity index is 888. The third-order valence-corrected chi connectivity index (χ3v) is 4.73. The molecule has 1 unspecified atom stereocenters. The van der Waals surface area contributed by atoms with Gasteiger partial charge in [0.15, 0.2) is 0 Å². The number of aromatic amines is 1. The molecule has 1 aliphatic heterocycles. The molecule has 0 spiro atoms. The van der Waals surface area contributed by atoms with Crippen LogP contribution in [-0.2, 0) is 6.42 Å². The van der Waals surface area contributed by atoms with Crippen LogP contribution in [0.2, 0.25) is 0 Å². The van der Waals surface area contributed by atoms with Crippen molar-refractivity contribution in [3.8, 4) is 0 Å². The van der Waals surface area contributed by atoms with Gasteiger partial charge in [0.1, 0.15) is 5.69 Å². The van der Waals surface area contributed by atoms with E-state index in [9.17, 15) is 4.79 Å². The van der Waals surface area contributed by atoms with Gasteiger partial charge in [0.2, 0.25) is 0 Å². The quantitative estimate of drug-likeness (QED) is 0.783. The summed E-state index contributed by atoms with van der Waals surface area (Å²) in [6.07, 6.45) is 5.35. The lowest BCUT2D eigenvalue weighted by molar-refractivity contribution is 0.0704. The van der Waals surface area contributed by atoms with Crippen LogP contribution >= 0.6 is 0 Å². The number of aryl methyl sites for hydroxylation is 2. The summed E-state index contributed by atoms with van der Waals surface area (Å²) < 4.78 is 0. The number of rotatable bonds is 2. The second-order valence-corrected chi connectivity index (χ2v) is 6.40. The van der Waals surface area contributed by atoms with E-state index >= 15 is 0 Å². The lowest BCUT2D eigenvalue weighted by Crippen LogP contribution is -2.36. The van der Waals surface area contributed by atoms with Gasteiger partial charge in [-0.3, -0.25) is 14.9 Å². The van der Waals surface area contributed by atoms with Gasteiger partial charge in [-0.15, -0.1) is 0 Å². The molecule has 3 heterocycles. The van der Waals surface area contributed by atoms with Crippen molar-refractivity contribution in [3.05, 3.63) is 82.9 Å². The second kappa shape index (κ2) is 6.51. The zero-order valence-electron chi connectivity index (χ0n) is 14.1. The number of carbonyl (C=O) groups excluding carboxylic acids is 1. The highest BCUT2D eigenvalue weighted by Gasteiger charge is 2.31. The van der Waals surface area contributed by atoms with E-state index in [0.29, 0.717) is 12.2 Å². The molecule has 1 aliphatic rings. The number of fused-ring (bicyclic) bond motifs is 1. The molecule has 1 N–H and O–H groups in total. The van der Waals surface area contributed by atoms with Crippen molar-refractivity contribution < 1.29 is 4.79 Å². The van der Waals surface area contributed by atoms with E-state index in [0.717, 1.165) is 24.1 Å². The standard InChI is InChI=1S/C20H20N4O/c1-14-13-16(8-10-21-14)19-17-7-3-2-5-15(17)6-4-12-24(19)20(25)18-9-11-22-23-18/h2-3,5,7-11,13,19H,4,6,12H2,1H3,(H,22,23). The Morgan fingerprint density at radius 3 is 2.88 bits per heavy atom. The number of nitrogens with one attached hydrogen (secondary N) is 1. The fourth-order valence-electron chi connectivity index (χ4n) is 3.61. The predicted molar refractivity (Wildman–Crippen MR) is 95.2 cm³/mol. The summed E-state index contributed by atoms with van der Waals surface area (Å²) in [6, 6.07) is 14.1. The summed E-state index contributed by atoms with van der Waals surface area (Å²) in [7, 11) is 0. The van der Waals surface area contributed by atoms with Crippen LogP contribution in [0.15, 0.2) is 54.9 Å². The molecule has 0 aliphatic carbocycles. The molecule has 3 aromatic rings. The van der Waals surface area contributed by atoms with Crippen molar-refractivity contribution >= 4 is 5.91 Å². The van der Waals surface area contributed by atoms with E-state index < -0.39 is 0 Å². The van der Waals surface area contributed by atoms with Crippen molar-refractivity contribution in [2.24, 2.45) is 0 Å². The Hall–Kier alpha value is -2.95. The summed E-state index contributed by atoms with van der Waals surface area (Å²) >= 11 is 0. The van der Waals surface area contributed by atoms with Crippen molar-refractivity contribution in [1.29, 1.82) is 0 Å². The Labute approximate surface area is 146 Å². The zero-order chi connectivity index (χ0) is 17.2. The van der Waals surface area contributed by atoms with Gasteiger partial charge in [-0.25, -0.2) is 0 Å². The summed E-state index contributed by atoms with van der Waals surface area (Å²) in [5.41, 5.74) is 5.07. The van der Waals surface area contributed by atoms with Crippen LogP contribution in [0.3, 0.4) is 0 Å². The number of nitrogens with zero attached hydrogens (tertiary/aromatic N) is 3. The number of amides is 1. The molecule has 1 atom stereocenters. The Balaban J connectivity index is 1.85. The zero-order valence-corrected chi connectivity index (χ0v) is 14.1. The van der Waals surface area contributed by atoms with E-state index in [-0.39, 0.29) is 11.9 Å². The van der Waals surface area contributed by atoms with E-state index in [1.165, 1.54) is 11.1 Å². The molecule has 0 saturated heterocycles. The van der Waals surface area contributed by atoms with Crippen LogP contribution in [0.1, 0.15) is 45.3 Å². The molecule has 4 rings (SSSR count). The van der Waals surface area contributed by atoms with E-state index in [2.05, 4.69) is 39.4 Å². The summed E-state index contributed by atoms with van der Waals surface area (Å²) in [5, 5.41) is 6.74. The highest BCUT2D eigenvalue weighted by molar-refractivity contribution is 5.92. The normalized spacial score (nSPS) is 17.0. The highest BCUT2D eigenvalue weighted by Crippen LogP contribution is 2.35. The molecule has 5 heteroatoms. The molecule has 126 valence electrons. The second-order valence-electron chi connectivity index (χ2n) is 6.40. The predicted octanol–water partition coefficient (Wildman–Crippen LogP) is 3.29. The van der Waals surface area contributed by atoms with Gasteiger partial charge in [-0.2, -0.15) is 5.10 Å². The molecule has 25 heavy (non-hydrogen) atoms. The lowest BCUT2D eigenvalue weighted by atomic mass is 9.93. The van der Waals surface area contributed by atoms with Crippen molar-refractivity contribution in [1.82, 2.24) is 20.1 Å². The maximum atomic E-state index is 13.1. The largest absolute Gasteiger partial charge is 0.326 e. The number of pyridine rings is 1. The minimum Gasteiger partial charge on any atom is -0.326 e. The first kappa shape index (κ1) is 15.6. The first-order chi connectivity index (χ1) is 12.2. The molecule has 0 bridgehead atoms.